The van der Waals surface area contributed by atoms with E-state index < -0.39 is 0 Å². The van der Waals surface area contributed by atoms with E-state index in [1.165, 1.54) is 0 Å². The van der Waals surface area contributed by atoms with E-state index in [1.54, 1.807) is 4.57 Å². The predicted octanol–water partition coefficient (Wildman–Crippen LogP) is 2.34. The molecular weight excluding hydrogens is 326 g/mol. The maximum atomic E-state index is 13.1. The maximum absolute atomic E-state index is 13.1. The fourth-order valence-electron chi connectivity index (χ4n) is 3.61. The zero-order valence-electron chi connectivity index (χ0n) is 15.9. The Hall–Kier alpha value is -2.26. The fraction of sp³-hybridized carbons (Fsp3) is 0.600. The van der Waals surface area contributed by atoms with Gasteiger partial charge in [-0.1, -0.05) is 25.7 Å². The number of pyridine rings is 1. The number of unbranched alkanes of at least 4 members (excludes halogenated alkanes) is 2. The second-order valence-corrected chi connectivity index (χ2v) is 7.03. The smallest absolute Gasteiger partial charge is 0.276 e. The number of fused-ring (bicyclic) bond motifs is 1. The first kappa shape index (κ1) is 18.5. The Balaban J connectivity index is 2.05. The molecule has 1 unspecified atom stereocenters. The van der Waals surface area contributed by atoms with E-state index in [4.69, 9.17) is 10.7 Å². The van der Waals surface area contributed by atoms with Gasteiger partial charge in [0.25, 0.3) is 5.56 Å². The molecule has 26 heavy (non-hydrogen) atoms. The van der Waals surface area contributed by atoms with E-state index in [0.717, 1.165) is 63.2 Å². The number of aryl methyl sites for hydroxylation is 1. The molecule has 0 radical (unpaired) electrons. The summed E-state index contributed by atoms with van der Waals surface area (Å²) in [7, 11) is 0. The molecule has 1 aliphatic rings. The first-order valence-corrected chi connectivity index (χ1v) is 9.65. The molecule has 0 bridgehead atoms. The minimum absolute atomic E-state index is 0.0246. The van der Waals surface area contributed by atoms with Gasteiger partial charge in [0.05, 0.1) is 12.1 Å². The van der Waals surface area contributed by atoms with Crippen LogP contribution in [-0.2, 0) is 13.1 Å². The SMILES string of the molecule is CC#CCn1c(N2CCCC(N)C2)nc2ccn(CCCCC)c(=O)c21. The van der Waals surface area contributed by atoms with E-state index in [1.807, 2.05) is 23.8 Å². The summed E-state index contributed by atoms with van der Waals surface area (Å²) < 4.78 is 3.78. The van der Waals surface area contributed by atoms with Gasteiger partial charge in [0, 0.05) is 31.9 Å². The quantitative estimate of drug-likeness (QED) is 0.638. The summed E-state index contributed by atoms with van der Waals surface area (Å²) in [5, 5.41) is 0. The second kappa shape index (κ2) is 8.41. The summed E-state index contributed by atoms with van der Waals surface area (Å²) in [5.41, 5.74) is 7.58. The second-order valence-electron chi connectivity index (χ2n) is 7.03. The molecule has 0 aromatic carbocycles. The number of imidazole rings is 1. The van der Waals surface area contributed by atoms with Crippen molar-refractivity contribution in [2.24, 2.45) is 5.73 Å². The molecule has 0 spiro atoms. The van der Waals surface area contributed by atoms with Crippen LogP contribution in [0.1, 0.15) is 46.0 Å². The Morgan fingerprint density at radius 1 is 1.38 bits per heavy atom. The highest BCUT2D eigenvalue weighted by molar-refractivity contribution is 5.78. The summed E-state index contributed by atoms with van der Waals surface area (Å²) >= 11 is 0. The van der Waals surface area contributed by atoms with Crippen LogP contribution in [0, 0.1) is 11.8 Å². The third-order valence-electron chi connectivity index (χ3n) is 5.01. The van der Waals surface area contributed by atoms with Crippen molar-refractivity contribution in [1.29, 1.82) is 0 Å². The lowest BCUT2D eigenvalue weighted by molar-refractivity contribution is 0.496. The largest absolute Gasteiger partial charge is 0.341 e. The zero-order valence-corrected chi connectivity index (χ0v) is 15.9. The van der Waals surface area contributed by atoms with Crippen molar-refractivity contribution in [3.63, 3.8) is 0 Å². The first-order valence-electron chi connectivity index (χ1n) is 9.65. The number of nitrogens with zero attached hydrogens (tertiary/aromatic N) is 4. The first-order chi connectivity index (χ1) is 12.7. The number of hydrogen-bond acceptors (Lipinski definition) is 4. The van der Waals surface area contributed by atoms with E-state index >= 15 is 0 Å². The van der Waals surface area contributed by atoms with Crippen LogP contribution in [0.3, 0.4) is 0 Å². The van der Waals surface area contributed by atoms with Gasteiger partial charge in [0.15, 0.2) is 0 Å². The van der Waals surface area contributed by atoms with Gasteiger partial charge < -0.3 is 15.2 Å². The minimum atomic E-state index is 0.0246. The topological polar surface area (TPSA) is 69.1 Å². The number of aromatic nitrogens is 3. The molecular formula is C20H29N5O. The Kier molecular flexibility index (Phi) is 6.00. The van der Waals surface area contributed by atoms with E-state index in [-0.39, 0.29) is 11.6 Å². The molecule has 0 saturated carbocycles. The normalized spacial score (nSPS) is 17.3. The summed E-state index contributed by atoms with van der Waals surface area (Å²) in [6.07, 6.45) is 7.23. The molecule has 2 aromatic heterocycles. The van der Waals surface area contributed by atoms with E-state index in [0.29, 0.717) is 12.1 Å². The zero-order chi connectivity index (χ0) is 18.5. The molecule has 0 amide bonds. The third-order valence-corrected chi connectivity index (χ3v) is 5.01. The molecule has 140 valence electrons. The molecule has 3 rings (SSSR count). The van der Waals surface area contributed by atoms with Crippen LogP contribution in [0.4, 0.5) is 5.95 Å². The lowest BCUT2D eigenvalue weighted by atomic mass is 10.1. The number of rotatable bonds is 6. The van der Waals surface area contributed by atoms with E-state index in [9.17, 15) is 4.79 Å². The average Bonchev–Trinajstić information content (AvgIpc) is 3.01. The van der Waals surface area contributed by atoms with Crippen molar-refractivity contribution in [2.75, 3.05) is 18.0 Å². The number of anilines is 1. The van der Waals surface area contributed by atoms with Gasteiger partial charge in [0.1, 0.15) is 5.52 Å². The van der Waals surface area contributed by atoms with Gasteiger partial charge in [-0.25, -0.2) is 4.98 Å². The molecule has 1 fully saturated rings. The highest BCUT2D eigenvalue weighted by Crippen LogP contribution is 2.23. The summed E-state index contributed by atoms with van der Waals surface area (Å²) in [4.78, 5) is 20.1. The lowest BCUT2D eigenvalue weighted by Gasteiger charge is -2.31. The number of hydrogen-bond donors (Lipinski definition) is 1. The van der Waals surface area contributed by atoms with Gasteiger partial charge in [0.2, 0.25) is 5.95 Å². The molecule has 3 heterocycles. The molecule has 2 N–H and O–H groups in total. The molecule has 6 heteroatoms. The van der Waals surface area contributed by atoms with Crippen LogP contribution in [0.15, 0.2) is 17.1 Å². The third kappa shape index (κ3) is 3.78. The van der Waals surface area contributed by atoms with Crippen molar-refractivity contribution in [1.82, 2.24) is 14.1 Å². The Bertz CT molecular complexity index is 870. The highest BCUT2D eigenvalue weighted by Gasteiger charge is 2.23. The fourth-order valence-corrected chi connectivity index (χ4v) is 3.61. The van der Waals surface area contributed by atoms with Crippen molar-refractivity contribution in [3.8, 4) is 11.8 Å². The van der Waals surface area contributed by atoms with Gasteiger partial charge in [-0.2, -0.15) is 0 Å². The Morgan fingerprint density at radius 2 is 2.23 bits per heavy atom. The standard InChI is InChI=1S/C20H29N5O/c1-3-5-7-11-23-14-10-17-18(19(23)26)25(13-6-4-2)20(22-17)24-12-8-9-16(21)15-24/h10,14,16H,3,5,7-9,11-13,15,21H2,1-2H3. The molecule has 1 saturated heterocycles. The van der Waals surface area contributed by atoms with Gasteiger partial charge >= 0.3 is 0 Å². The molecule has 1 aliphatic heterocycles. The van der Waals surface area contributed by atoms with Gasteiger partial charge in [-0.15, -0.1) is 5.92 Å². The summed E-state index contributed by atoms with van der Waals surface area (Å²) in [6, 6.07) is 2.10. The van der Waals surface area contributed by atoms with Crippen LogP contribution in [-0.4, -0.2) is 33.2 Å². The summed E-state index contributed by atoms with van der Waals surface area (Å²) in [6.45, 7) is 6.90. The minimum Gasteiger partial charge on any atom is -0.341 e. The number of nitrogens with two attached hydrogens (primary N) is 1. The molecule has 2 aromatic rings. The van der Waals surface area contributed by atoms with Crippen LogP contribution >= 0.6 is 0 Å². The van der Waals surface area contributed by atoms with E-state index in [2.05, 4.69) is 23.7 Å². The van der Waals surface area contributed by atoms with Gasteiger partial charge in [-0.05, 0) is 32.3 Å². The lowest BCUT2D eigenvalue weighted by Crippen LogP contribution is -2.44. The van der Waals surface area contributed by atoms with Crippen molar-refractivity contribution in [3.05, 3.63) is 22.6 Å². The Labute approximate surface area is 155 Å². The average molecular weight is 355 g/mol. The molecule has 0 aliphatic carbocycles. The van der Waals surface area contributed by atoms with Crippen LogP contribution in [0.5, 0.6) is 0 Å². The molecule has 6 nitrogen and oxygen atoms in total. The van der Waals surface area contributed by atoms with Crippen LogP contribution < -0.4 is 16.2 Å². The van der Waals surface area contributed by atoms with Crippen LogP contribution in [0.25, 0.3) is 11.0 Å². The maximum Gasteiger partial charge on any atom is 0.276 e. The predicted molar refractivity (Wildman–Crippen MR) is 106 cm³/mol. The molecule has 1 atom stereocenters. The van der Waals surface area contributed by atoms with Crippen molar-refractivity contribution < 1.29 is 0 Å². The van der Waals surface area contributed by atoms with Crippen molar-refractivity contribution in [2.45, 2.75) is 65.1 Å². The Morgan fingerprint density at radius 3 is 2.96 bits per heavy atom. The summed E-state index contributed by atoms with van der Waals surface area (Å²) in [5.74, 6) is 6.85. The monoisotopic (exact) mass is 355 g/mol. The number of piperidine rings is 1. The van der Waals surface area contributed by atoms with Gasteiger partial charge in [-0.3, -0.25) is 9.36 Å². The highest BCUT2D eigenvalue weighted by atomic mass is 16.1. The van der Waals surface area contributed by atoms with Crippen LogP contribution in [0.2, 0.25) is 0 Å². The van der Waals surface area contributed by atoms with Crippen molar-refractivity contribution >= 4 is 17.0 Å².